The van der Waals surface area contributed by atoms with Crippen LogP contribution in [0.2, 0.25) is 0 Å². The quantitative estimate of drug-likeness (QED) is 0.292. The van der Waals surface area contributed by atoms with Crippen LogP contribution in [0.15, 0.2) is 26.8 Å². The minimum Gasteiger partial charge on any atom is -0.458 e. The molecule has 10 heteroatoms. The van der Waals surface area contributed by atoms with Gasteiger partial charge in [-0.1, -0.05) is 0 Å². The highest BCUT2D eigenvalue weighted by Gasteiger charge is 2.16. The maximum Gasteiger partial charge on any atom is 0.186 e. The Morgan fingerprint density at radius 3 is 2.22 bits per heavy atom. The number of hydrogen-bond donors (Lipinski definition) is 4. The van der Waals surface area contributed by atoms with Crippen molar-refractivity contribution in [3.63, 3.8) is 0 Å². The maximum absolute atomic E-state index is 5.98. The van der Waals surface area contributed by atoms with Crippen molar-refractivity contribution in [1.82, 2.24) is 26.4 Å². The largest absolute Gasteiger partial charge is 0.458 e. The second-order valence-electron chi connectivity index (χ2n) is 6.26. The summed E-state index contributed by atoms with van der Waals surface area (Å²) in [7, 11) is 3.42. The number of hydrazone groups is 2. The Morgan fingerprint density at radius 1 is 1.07 bits per heavy atom. The molecule has 27 heavy (non-hydrogen) atoms. The van der Waals surface area contributed by atoms with Gasteiger partial charge in [0.15, 0.2) is 16.0 Å². The van der Waals surface area contributed by atoms with Crippen LogP contribution in [-0.2, 0) is 6.54 Å². The van der Waals surface area contributed by atoms with Crippen molar-refractivity contribution in [2.45, 2.75) is 46.3 Å². The van der Waals surface area contributed by atoms with Gasteiger partial charge in [-0.3, -0.25) is 15.8 Å². The van der Waals surface area contributed by atoms with Crippen molar-refractivity contribution in [3.05, 3.63) is 23.7 Å². The smallest absolute Gasteiger partial charge is 0.186 e. The predicted molar refractivity (Wildman–Crippen MR) is 119 cm³/mol. The van der Waals surface area contributed by atoms with E-state index in [4.69, 9.17) is 28.9 Å². The molecule has 1 aromatic rings. The third kappa shape index (κ3) is 8.02. The van der Waals surface area contributed by atoms with Crippen LogP contribution in [0.4, 0.5) is 0 Å². The molecule has 1 aromatic heterocycles. The monoisotopic (exact) mass is 411 g/mol. The van der Waals surface area contributed by atoms with Crippen LogP contribution in [0.5, 0.6) is 0 Å². The Morgan fingerprint density at radius 2 is 1.67 bits per heavy atom. The normalized spacial score (nSPS) is 12.1. The van der Waals surface area contributed by atoms with Crippen LogP contribution in [0.25, 0.3) is 0 Å². The Bertz CT molecular complexity index is 675. The molecule has 0 bridgehead atoms. The van der Waals surface area contributed by atoms with E-state index in [1.54, 1.807) is 14.1 Å². The summed E-state index contributed by atoms with van der Waals surface area (Å²) < 4.78 is 5.98. The summed E-state index contributed by atoms with van der Waals surface area (Å²) in [6.07, 6.45) is 1.51. The molecular weight excluding hydrogens is 382 g/mol. The number of hydrogen-bond acceptors (Lipinski definition) is 6. The minimum atomic E-state index is 0.386. The molecule has 0 aliphatic heterocycles. The first-order valence-electron chi connectivity index (χ1n) is 8.69. The number of furan rings is 1. The first kappa shape index (κ1) is 23.0. The van der Waals surface area contributed by atoms with Gasteiger partial charge in [-0.15, -0.1) is 0 Å². The van der Waals surface area contributed by atoms with Gasteiger partial charge in [-0.2, -0.15) is 10.2 Å². The number of thiocarbonyl (C=S) groups is 2. The van der Waals surface area contributed by atoms with Gasteiger partial charge in [0.1, 0.15) is 11.5 Å². The zero-order valence-corrected chi connectivity index (χ0v) is 18.3. The fraction of sp³-hybridized carbons (Fsp3) is 0.529. The summed E-state index contributed by atoms with van der Waals surface area (Å²) in [6, 6.07) is 4.63. The zero-order chi connectivity index (χ0) is 20.4. The Labute approximate surface area is 171 Å². The van der Waals surface area contributed by atoms with Gasteiger partial charge in [0.25, 0.3) is 0 Å². The molecule has 150 valence electrons. The molecule has 0 aromatic carbocycles. The van der Waals surface area contributed by atoms with E-state index >= 15 is 0 Å². The van der Waals surface area contributed by atoms with E-state index in [2.05, 4.69) is 64.3 Å². The van der Waals surface area contributed by atoms with E-state index in [-0.39, 0.29) is 0 Å². The third-order valence-electron chi connectivity index (χ3n) is 3.66. The average molecular weight is 412 g/mol. The molecule has 0 spiro atoms. The fourth-order valence-electron chi connectivity index (χ4n) is 2.26. The predicted octanol–water partition coefficient (Wildman–Crippen LogP) is 1.78. The van der Waals surface area contributed by atoms with E-state index in [1.807, 2.05) is 12.1 Å². The van der Waals surface area contributed by atoms with Crippen LogP contribution >= 0.6 is 24.4 Å². The molecule has 0 aliphatic carbocycles. The van der Waals surface area contributed by atoms with E-state index in [1.165, 1.54) is 6.21 Å². The van der Waals surface area contributed by atoms with Gasteiger partial charge in [-0.05, 0) is 64.3 Å². The SMILES string of the molecule is CNC(=S)N/N=C/C(=N\NC(=S)NC)c1ccc(CN(C(C)C)C(C)C)o1. The van der Waals surface area contributed by atoms with E-state index in [9.17, 15) is 0 Å². The summed E-state index contributed by atoms with van der Waals surface area (Å²) in [6.45, 7) is 9.39. The molecule has 0 atom stereocenters. The summed E-state index contributed by atoms with van der Waals surface area (Å²) in [5, 5.41) is 14.7. The molecule has 1 heterocycles. The Hall–Kier alpha value is -2.04. The van der Waals surface area contributed by atoms with Crippen LogP contribution in [0.1, 0.15) is 39.2 Å². The second kappa shape index (κ2) is 11.6. The maximum atomic E-state index is 5.98. The fourth-order valence-corrected chi connectivity index (χ4v) is 2.36. The highest BCUT2D eigenvalue weighted by Crippen LogP contribution is 2.15. The summed E-state index contributed by atoms with van der Waals surface area (Å²) >= 11 is 10.1. The molecule has 4 N–H and O–H groups in total. The highest BCUT2D eigenvalue weighted by molar-refractivity contribution is 7.80. The van der Waals surface area contributed by atoms with Crippen LogP contribution in [0, 0.1) is 0 Å². The van der Waals surface area contributed by atoms with Crippen molar-refractivity contribution in [3.8, 4) is 0 Å². The lowest BCUT2D eigenvalue weighted by molar-refractivity contribution is 0.153. The van der Waals surface area contributed by atoms with E-state index < -0.39 is 0 Å². The summed E-state index contributed by atoms with van der Waals surface area (Å²) in [5.41, 5.74) is 5.90. The topological polar surface area (TPSA) is 89.2 Å². The highest BCUT2D eigenvalue weighted by atomic mass is 32.1. The molecule has 0 fully saturated rings. The molecule has 8 nitrogen and oxygen atoms in total. The second-order valence-corrected chi connectivity index (χ2v) is 7.08. The van der Waals surface area contributed by atoms with Crippen molar-refractivity contribution in [1.29, 1.82) is 0 Å². The number of nitrogens with zero attached hydrogens (tertiary/aromatic N) is 3. The molecule has 0 saturated heterocycles. The first-order chi connectivity index (χ1) is 12.8. The molecular formula is C17H29N7OS2. The van der Waals surface area contributed by atoms with Crippen molar-refractivity contribution in [2.24, 2.45) is 10.2 Å². The molecule has 0 aliphatic rings. The van der Waals surface area contributed by atoms with Crippen LogP contribution in [-0.4, -0.2) is 53.2 Å². The third-order valence-corrected chi connectivity index (χ3v) is 4.25. The molecule has 0 unspecified atom stereocenters. The average Bonchev–Trinajstić information content (AvgIpc) is 3.09. The van der Waals surface area contributed by atoms with Gasteiger partial charge in [0.2, 0.25) is 0 Å². The Kier molecular flexibility index (Phi) is 9.90. The Balaban J connectivity index is 3.00. The zero-order valence-electron chi connectivity index (χ0n) is 16.7. The van der Waals surface area contributed by atoms with E-state index in [0.29, 0.717) is 40.3 Å². The van der Waals surface area contributed by atoms with Gasteiger partial charge in [0, 0.05) is 26.2 Å². The van der Waals surface area contributed by atoms with Crippen LogP contribution in [0.3, 0.4) is 0 Å². The lowest BCUT2D eigenvalue weighted by Crippen LogP contribution is -2.36. The van der Waals surface area contributed by atoms with Gasteiger partial charge in [-0.25, -0.2) is 0 Å². The first-order valence-corrected chi connectivity index (χ1v) is 9.51. The van der Waals surface area contributed by atoms with E-state index in [0.717, 1.165) is 5.76 Å². The van der Waals surface area contributed by atoms with Gasteiger partial charge in [0.05, 0.1) is 12.8 Å². The molecule has 0 amide bonds. The lowest BCUT2D eigenvalue weighted by atomic mass is 10.2. The number of nitrogens with one attached hydrogen (secondary N) is 4. The van der Waals surface area contributed by atoms with Crippen molar-refractivity contribution >= 4 is 46.6 Å². The standard InChI is InChI=1S/C17H29N7OS2/c1-11(2)24(12(3)4)10-13-7-8-15(25-13)14(21-23-17(27)19-6)9-20-22-16(26)18-5/h7-9,11-12H,10H2,1-6H3,(H2,18,22,26)(H2,19,23,27)/b20-9+,21-14+. The summed E-state index contributed by atoms with van der Waals surface area (Å²) in [5.74, 6) is 1.42. The van der Waals surface area contributed by atoms with Crippen LogP contribution < -0.4 is 21.5 Å². The summed E-state index contributed by atoms with van der Waals surface area (Å²) in [4.78, 5) is 2.34. The lowest BCUT2D eigenvalue weighted by Gasteiger charge is -2.29. The molecule has 1 rings (SSSR count). The van der Waals surface area contributed by atoms with Gasteiger partial charge >= 0.3 is 0 Å². The van der Waals surface area contributed by atoms with Crippen molar-refractivity contribution in [2.75, 3.05) is 14.1 Å². The molecule has 0 saturated carbocycles. The van der Waals surface area contributed by atoms with Crippen molar-refractivity contribution < 1.29 is 4.42 Å². The van der Waals surface area contributed by atoms with Gasteiger partial charge < -0.3 is 15.1 Å². The minimum absolute atomic E-state index is 0.386. The molecule has 0 radical (unpaired) electrons. The number of rotatable bonds is 8.